The van der Waals surface area contributed by atoms with Crippen molar-refractivity contribution in [3.8, 4) is 0 Å². The van der Waals surface area contributed by atoms with E-state index in [1.807, 2.05) is 6.92 Å². The molecular weight excluding hydrogens is 452 g/mol. The van der Waals surface area contributed by atoms with Gasteiger partial charge in [0, 0.05) is 13.8 Å². The van der Waals surface area contributed by atoms with Gasteiger partial charge in [0.15, 0.2) is 17.5 Å². The quantitative estimate of drug-likeness (QED) is 0.160. The molecule has 2 aliphatic heterocycles. The summed E-state index contributed by atoms with van der Waals surface area (Å²) in [5.41, 5.74) is 2.39. The predicted molar refractivity (Wildman–Crippen MR) is 129 cm³/mol. The van der Waals surface area contributed by atoms with E-state index in [2.05, 4.69) is 26.8 Å². The Hall–Kier alpha value is -2.74. The summed E-state index contributed by atoms with van der Waals surface area (Å²) in [6, 6.07) is 0. The van der Waals surface area contributed by atoms with Crippen molar-refractivity contribution >= 4 is 23.5 Å². The summed E-state index contributed by atoms with van der Waals surface area (Å²) in [5, 5.41) is 0. The van der Waals surface area contributed by atoms with Crippen LogP contribution in [0.4, 0.5) is 0 Å². The smallest absolute Gasteiger partial charge is 0.337 e. The molecule has 2 atom stereocenters. The zero-order valence-corrected chi connectivity index (χ0v) is 21.9. The molecule has 2 rings (SSSR count). The highest BCUT2D eigenvalue weighted by Gasteiger charge is 2.46. The first-order valence-electron chi connectivity index (χ1n) is 12.0. The number of carbonyl (C=O) groups excluding carboxylic acids is 4. The van der Waals surface area contributed by atoms with Gasteiger partial charge in [-0.15, -0.1) is 0 Å². The minimum atomic E-state index is -1.57. The van der Waals surface area contributed by atoms with Gasteiger partial charge in [-0.05, 0) is 66.4 Å². The number of carbonyl (C=O) groups is 4. The van der Waals surface area contributed by atoms with Gasteiger partial charge in [0.05, 0.1) is 24.2 Å². The van der Waals surface area contributed by atoms with Crippen molar-refractivity contribution in [1.82, 2.24) is 0 Å². The SMILES string of the molecule is CC(=O)C(C(=O)CC1=CC(=O)OC(C)(C)O1)C(=O)OC/C=C(\C)CCC=C(C)CC[C@@H]1OC1(C)C. The summed E-state index contributed by atoms with van der Waals surface area (Å²) in [6.07, 6.45) is 8.71. The Kier molecular flexibility index (Phi) is 9.60. The minimum absolute atomic E-state index is 0.0227. The minimum Gasteiger partial charge on any atom is -0.461 e. The van der Waals surface area contributed by atoms with Crippen LogP contribution in [-0.4, -0.2) is 47.6 Å². The fourth-order valence-electron chi connectivity index (χ4n) is 3.85. The monoisotopic (exact) mass is 490 g/mol. The molecule has 1 unspecified atom stereocenters. The standard InChI is InChI=1S/C27H38O8/c1-17(11-12-22-26(4,5)34-22)9-8-10-18(2)13-14-32-25(31)24(19(3)28)21(29)15-20-16-23(30)35-27(6,7)33-20/h9,13,16,22,24H,8,10-12,14-15H2,1-7H3/b17-9?,18-13+/t22-,24?/m0/s1. The molecule has 35 heavy (non-hydrogen) atoms. The molecule has 0 bridgehead atoms. The number of ether oxygens (including phenoxy) is 4. The number of hydrogen-bond acceptors (Lipinski definition) is 8. The van der Waals surface area contributed by atoms with E-state index in [0.717, 1.165) is 44.3 Å². The lowest BCUT2D eigenvalue weighted by Crippen LogP contribution is -2.37. The molecule has 8 nitrogen and oxygen atoms in total. The molecular formula is C27H38O8. The Morgan fingerprint density at radius 3 is 2.23 bits per heavy atom. The number of ketones is 2. The molecule has 0 saturated carbocycles. The van der Waals surface area contributed by atoms with Gasteiger partial charge in [0.25, 0.3) is 0 Å². The molecule has 1 fully saturated rings. The molecule has 194 valence electrons. The van der Waals surface area contributed by atoms with E-state index >= 15 is 0 Å². The lowest BCUT2D eigenvalue weighted by Gasteiger charge is -2.30. The van der Waals surface area contributed by atoms with E-state index in [9.17, 15) is 19.2 Å². The fraction of sp³-hybridized carbons (Fsp3) is 0.630. The van der Waals surface area contributed by atoms with Crippen molar-refractivity contribution in [2.45, 2.75) is 98.1 Å². The van der Waals surface area contributed by atoms with E-state index in [0.29, 0.717) is 6.10 Å². The Labute approximate surface area is 207 Å². The average Bonchev–Trinajstić information content (AvgIpc) is 3.31. The first-order chi connectivity index (χ1) is 16.2. The van der Waals surface area contributed by atoms with Crippen LogP contribution < -0.4 is 0 Å². The normalized spacial score (nSPS) is 21.9. The molecule has 0 aromatic rings. The van der Waals surface area contributed by atoms with E-state index in [4.69, 9.17) is 18.9 Å². The average molecular weight is 491 g/mol. The first-order valence-corrected chi connectivity index (χ1v) is 12.0. The fourth-order valence-corrected chi connectivity index (χ4v) is 3.85. The summed E-state index contributed by atoms with van der Waals surface area (Å²) in [5.74, 6) is -5.64. The number of hydrogen-bond donors (Lipinski definition) is 0. The molecule has 0 aromatic carbocycles. The number of cyclic esters (lactones) is 1. The van der Waals surface area contributed by atoms with Crippen LogP contribution in [0, 0.1) is 5.92 Å². The number of epoxide rings is 1. The topological polar surface area (TPSA) is 109 Å². The Morgan fingerprint density at radius 2 is 1.66 bits per heavy atom. The van der Waals surface area contributed by atoms with Gasteiger partial charge in [-0.1, -0.05) is 17.2 Å². The van der Waals surface area contributed by atoms with Gasteiger partial charge in [0.2, 0.25) is 5.79 Å². The third-order valence-electron chi connectivity index (χ3n) is 5.97. The Balaban J connectivity index is 1.79. The third kappa shape index (κ3) is 9.43. The molecule has 1 saturated heterocycles. The lowest BCUT2D eigenvalue weighted by molar-refractivity contribution is -0.205. The van der Waals surface area contributed by atoms with Crippen molar-refractivity contribution in [2.75, 3.05) is 6.61 Å². The van der Waals surface area contributed by atoms with Gasteiger partial charge in [0.1, 0.15) is 12.4 Å². The maximum atomic E-state index is 12.6. The Bertz CT molecular complexity index is 935. The van der Waals surface area contributed by atoms with E-state index in [1.165, 1.54) is 19.4 Å². The predicted octanol–water partition coefficient (Wildman–Crippen LogP) is 4.52. The summed E-state index contributed by atoms with van der Waals surface area (Å²) in [6.45, 7) is 12.4. The largest absolute Gasteiger partial charge is 0.461 e. The summed E-state index contributed by atoms with van der Waals surface area (Å²) < 4.78 is 21.2. The maximum absolute atomic E-state index is 12.6. The van der Waals surface area contributed by atoms with Crippen molar-refractivity contribution in [3.63, 3.8) is 0 Å². The molecule has 0 amide bonds. The number of esters is 2. The van der Waals surface area contributed by atoms with Crippen LogP contribution in [-0.2, 0) is 38.1 Å². The molecule has 0 spiro atoms. The molecule has 0 radical (unpaired) electrons. The second-order valence-electron chi connectivity index (χ2n) is 10.2. The van der Waals surface area contributed by atoms with Crippen molar-refractivity contribution in [3.05, 3.63) is 35.1 Å². The molecule has 2 heterocycles. The number of Topliss-reactive ketones (excluding diaryl/α,β-unsaturated/α-hetero) is 2. The molecule has 2 aliphatic rings. The highest BCUT2D eigenvalue weighted by Crippen LogP contribution is 2.39. The first kappa shape index (κ1) is 28.5. The van der Waals surface area contributed by atoms with Gasteiger partial charge >= 0.3 is 11.9 Å². The summed E-state index contributed by atoms with van der Waals surface area (Å²) >= 11 is 0. The van der Waals surface area contributed by atoms with Crippen molar-refractivity contribution in [2.24, 2.45) is 5.92 Å². The van der Waals surface area contributed by atoms with Crippen LogP contribution in [0.3, 0.4) is 0 Å². The number of allylic oxidation sites excluding steroid dienone is 4. The molecule has 8 heteroatoms. The summed E-state index contributed by atoms with van der Waals surface area (Å²) in [4.78, 5) is 48.7. The second kappa shape index (κ2) is 11.8. The second-order valence-corrected chi connectivity index (χ2v) is 10.2. The lowest BCUT2D eigenvalue weighted by atomic mass is 9.96. The van der Waals surface area contributed by atoms with E-state index < -0.39 is 35.2 Å². The highest BCUT2D eigenvalue weighted by molar-refractivity contribution is 6.17. The number of rotatable bonds is 13. The maximum Gasteiger partial charge on any atom is 0.337 e. The van der Waals surface area contributed by atoms with Crippen LogP contribution in [0.1, 0.15) is 80.6 Å². The van der Waals surface area contributed by atoms with Crippen LogP contribution in [0.25, 0.3) is 0 Å². The van der Waals surface area contributed by atoms with Crippen LogP contribution in [0.5, 0.6) is 0 Å². The van der Waals surface area contributed by atoms with Gasteiger partial charge in [-0.2, -0.15) is 0 Å². The molecule has 0 aliphatic carbocycles. The summed E-state index contributed by atoms with van der Waals surface area (Å²) in [7, 11) is 0. The third-order valence-corrected chi connectivity index (χ3v) is 5.97. The van der Waals surface area contributed by atoms with Crippen LogP contribution in [0.15, 0.2) is 35.1 Å². The van der Waals surface area contributed by atoms with Gasteiger partial charge < -0.3 is 18.9 Å². The van der Waals surface area contributed by atoms with Gasteiger partial charge in [-0.25, -0.2) is 4.79 Å². The van der Waals surface area contributed by atoms with E-state index in [-0.39, 0.29) is 24.4 Å². The Morgan fingerprint density at radius 1 is 1.03 bits per heavy atom. The van der Waals surface area contributed by atoms with Crippen molar-refractivity contribution < 1.29 is 38.1 Å². The van der Waals surface area contributed by atoms with E-state index in [1.54, 1.807) is 6.08 Å². The molecule has 0 aromatic heterocycles. The van der Waals surface area contributed by atoms with Crippen molar-refractivity contribution in [1.29, 1.82) is 0 Å². The zero-order chi connectivity index (χ0) is 26.4. The highest BCUT2D eigenvalue weighted by atomic mass is 16.7. The van der Waals surface area contributed by atoms with Gasteiger partial charge in [-0.3, -0.25) is 14.4 Å². The van der Waals surface area contributed by atoms with Crippen LogP contribution in [0.2, 0.25) is 0 Å². The zero-order valence-electron chi connectivity index (χ0n) is 21.9. The molecule has 0 N–H and O–H groups in total. The van der Waals surface area contributed by atoms with Crippen LogP contribution >= 0.6 is 0 Å².